The molecule has 2 rings (SSSR count). The van der Waals surface area contributed by atoms with Gasteiger partial charge < -0.3 is 9.84 Å². The van der Waals surface area contributed by atoms with Gasteiger partial charge in [0.25, 0.3) is 0 Å². The molecule has 0 bridgehead atoms. The van der Waals surface area contributed by atoms with Crippen LogP contribution in [0.3, 0.4) is 0 Å². The average molecular weight is 251 g/mol. The quantitative estimate of drug-likeness (QED) is 0.904. The molecular weight excluding hydrogens is 240 g/mol. The highest BCUT2D eigenvalue weighted by Gasteiger charge is 2.01. The fourth-order valence-electron chi connectivity index (χ4n) is 1.28. The number of aliphatic hydroxyl groups is 1. The Hall–Kier alpha value is -1.65. The van der Waals surface area contributed by atoms with Crippen LogP contribution in [-0.2, 0) is 13.2 Å². The summed E-state index contributed by atoms with van der Waals surface area (Å²) in [5, 5.41) is 17.1. The van der Waals surface area contributed by atoms with E-state index in [9.17, 15) is 0 Å². The fourth-order valence-corrected chi connectivity index (χ4v) is 1.47. The maximum absolute atomic E-state index is 8.81. The number of benzene rings is 1. The van der Waals surface area contributed by atoms with E-state index in [-0.39, 0.29) is 6.61 Å². The molecule has 88 valence electrons. The van der Waals surface area contributed by atoms with E-state index in [4.69, 9.17) is 21.4 Å². The van der Waals surface area contributed by atoms with Gasteiger partial charge in [-0.05, 0) is 12.1 Å². The predicted octanol–water partition coefficient (Wildman–Crippen LogP) is 2.20. The van der Waals surface area contributed by atoms with E-state index in [1.54, 1.807) is 18.2 Å². The molecule has 1 heterocycles. The second-order valence-corrected chi connectivity index (χ2v) is 3.81. The van der Waals surface area contributed by atoms with Crippen LogP contribution < -0.4 is 4.74 Å². The van der Waals surface area contributed by atoms with Crippen LogP contribution in [-0.4, -0.2) is 15.3 Å². The van der Waals surface area contributed by atoms with Gasteiger partial charge >= 0.3 is 0 Å². The summed E-state index contributed by atoms with van der Waals surface area (Å²) in [6.07, 6.45) is 0. The van der Waals surface area contributed by atoms with E-state index in [2.05, 4.69) is 10.2 Å². The van der Waals surface area contributed by atoms with Crippen molar-refractivity contribution in [3.63, 3.8) is 0 Å². The highest BCUT2D eigenvalue weighted by Crippen LogP contribution is 2.16. The largest absolute Gasteiger partial charge is 0.472 e. The summed E-state index contributed by atoms with van der Waals surface area (Å²) in [5.74, 6) is 0.405. The molecule has 0 amide bonds. The molecule has 1 aromatic carbocycles. The summed E-state index contributed by atoms with van der Waals surface area (Å²) in [7, 11) is 0. The first-order valence-electron chi connectivity index (χ1n) is 5.09. The molecule has 0 aliphatic heterocycles. The first-order chi connectivity index (χ1) is 8.29. The third kappa shape index (κ3) is 3.15. The van der Waals surface area contributed by atoms with Gasteiger partial charge in [0, 0.05) is 16.7 Å². The Morgan fingerprint density at radius 3 is 2.59 bits per heavy atom. The molecule has 1 aromatic heterocycles. The van der Waals surface area contributed by atoms with Crippen LogP contribution in [0.4, 0.5) is 0 Å². The molecule has 0 aliphatic carbocycles. The summed E-state index contributed by atoms with van der Waals surface area (Å²) < 4.78 is 5.43. The van der Waals surface area contributed by atoms with Gasteiger partial charge in [-0.2, -0.15) is 0 Å². The highest BCUT2D eigenvalue weighted by molar-refractivity contribution is 6.31. The molecule has 0 atom stereocenters. The monoisotopic (exact) mass is 250 g/mol. The summed E-state index contributed by atoms with van der Waals surface area (Å²) in [6, 6.07) is 10.8. The molecule has 0 saturated carbocycles. The van der Waals surface area contributed by atoms with Crippen LogP contribution in [0.1, 0.15) is 11.3 Å². The number of hydrogen-bond acceptors (Lipinski definition) is 4. The minimum atomic E-state index is -0.127. The number of hydrogen-bond donors (Lipinski definition) is 1. The van der Waals surface area contributed by atoms with Gasteiger partial charge in [-0.15, -0.1) is 10.2 Å². The third-order valence-corrected chi connectivity index (χ3v) is 2.56. The van der Waals surface area contributed by atoms with Crippen LogP contribution in [0.25, 0.3) is 0 Å². The van der Waals surface area contributed by atoms with Gasteiger partial charge in [0.15, 0.2) is 0 Å². The van der Waals surface area contributed by atoms with Crippen molar-refractivity contribution in [3.05, 3.63) is 52.7 Å². The van der Waals surface area contributed by atoms with Crippen molar-refractivity contribution in [3.8, 4) is 5.88 Å². The van der Waals surface area contributed by atoms with Crippen LogP contribution in [0.15, 0.2) is 36.4 Å². The van der Waals surface area contributed by atoms with Crippen LogP contribution >= 0.6 is 11.6 Å². The van der Waals surface area contributed by atoms with Gasteiger partial charge in [-0.25, -0.2) is 0 Å². The van der Waals surface area contributed by atoms with Gasteiger partial charge in [0.05, 0.1) is 12.3 Å². The van der Waals surface area contributed by atoms with Crippen molar-refractivity contribution >= 4 is 11.6 Å². The Morgan fingerprint density at radius 2 is 1.94 bits per heavy atom. The Balaban J connectivity index is 2.00. The number of aliphatic hydroxyl groups excluding tert-OH is 1. The number of halogens is 1. The number of rotatable bonds is 4. The second-order valence-electron chi connectivity index (χ2n) is 3.40. The molecule has 0 spiro atoms. The lowest BCUT2D eigenvalue weighted by molar-refractivity contribution is 0.269. The topological polar surface area (TPSA) is 55.2 Å². The highest BCUT2D eigenvalue weighted by atomic mass is 35.5. The number of aromatic nitrogens is 2. The predicted molar refractivity (Wildman–Crippen MR) is 63.7 cm³/mol. The van der Waals surface area contributed by atoms with E-state index in [1.807, 2.05) is 18.2 Å². The van der Waals surface area contributed by atoms with Crippen LogP contribution in [0, 0.1) is 0 Å². The SMILES string of the molecule is OCc1ccc(OCc2ccccc2Cl)nn1. The van der Waals surface area contributed by atoms with Gasteiger partial charge in [0.1, 0.15) is 6.61 Å². The molecule has 4 nitrogen and oxygen atoms in total. The van der Waals surface area contributed by atoms with Gasteiger partial charge in [-0.3, -0.25) is 0 Å². The summed E-state index contributed by atoms with van der Waals surface area (Å²) >= 11 is 5.99. The van der Waals surface area contributed by atoms with E-state index in [0.29, 0.717) is 23.2 Å². The van der Waals surface area contributed by atoms with Crippen molar-refractivity contribution < 1.29 is 9.84 Å². The molecule has 0 fully saturated rings. The van der Waals surface area contributed by atoms with E-state index in [1.165, 1.54) is 0 Å². The van der Waals surface area contributed by atoms with Gasteiger partial charge in [-0.1, -0.05) is 29.8 Å². The van der Waals surface area contributed by atoms with E-state index in [0.717, 1.165) is 5.56 Å². The second kappa shape index (κ2) is 5.61. The van der Waals surface area contributed by atoms with E-state index < -0.39 is 0 Å². The van der Waals surface area contributed by atoms with Gasteiger partial charge in [0.2, 0.25) is 5.88 Å². The van der Waals surface area contributed by atoms with Crippen molar-refractivity contribution in [1.82, 2.24) is 10.2 Å². The smallest absolute Gasteiger partial charge is 0.233 e. The molecule has 0 aliphatic rings. The Kier molecular flexibility index (Phi) is 3.90. The van der Waals surface area contributed by atoms with E-state index >= 15 is 0 Å². The summed E-state index contributed by atoms with van der Waals surface area (Å²) in [6.45, 7) is 0.213. The lowest BCUT2D eigenvalue weighted by atomic mass is 10.2. The lowest BCUT2D eigenvalue weighted by Gasteiger charge is -2.06. The van der Waals surface area contributed by atoms with Crippen molar-refractivity contribution in [2.24, 2.45) is 0 Å². The van der Waals surface area contributed by atoms with Crippen LogP contribution in [0.2, 0.25) is 5.02 Å². The maximum Gasteiger partial charge on any atom is 0.233 e. The molecule has 0 radical (unpaired) electrons. The zero-order valence-electron chi connectivity index (χ0n) is 9.01. The molecule has 0 unspecified atom stereocenters. The standard InChI is InChI=1S/C12H11ClN2O2/c13-11-4-2-1-3-9(11)8-17-12-6-5-10(7-16)14-15-12/h1-6,16H,7-8H2. The Morgan fingerprint density at radius 1 is 1.12 bits per heavy atom. The third-order valence-electron chi connectivity index (χ3n) is 2.19. The Bertz CT molecular complexity index is 488. The number of ether oxygens (including phenoxy) is 1. The molecule has 5 heteroatoms. The molecular formula is C12H11ClN2O2. The number of nitrogens with zero attached hydrogens (tertiary/aromatic N) is 2. The van der Waals surface area contributed by atoms with Crippen molar-refractivity contribution in [1.29, 1.82) is 0 Å². The lowest BCUT2D eigenvalue weighted by Crippen LogP contribution is -2.00. The molecule has 0 saturated heterocycles. The first kappa shape index (κ1) is 11.8. The maximum atomic E-state index is 8.81. The zero-order valence-corrected chi connectivity index (χ0v) is 9.76. The summed E-state index contributed by atoms with van der Waals surface area (Å²) in [5.41, 5.74) is 1.40. The van der Waals surface area contributed by atoms with Crippen molar-refractivity contribution in [2.45, 2.75) is 13.2 Å². The normalized spacial score (nSPS) is 10.2. The van der Waals surface area contributed by atoms with Crippen LogP contribution in [0.5, 0.6) is 5.88 Å². The molecule has 1 N–H and O–H groups in total. The fraction of sp³-hybridized carbons (Fsp3) is 0.167. The Labute approximate surface area is 104 Å². The first-order valence-corrected chi connectivity index (χ1v) is 5.47. The average Bonchev–Trinajstić information content (AvgIpc) is 2.38. The molecule has 2 aromatic rings. The van der Waals surface area contributed by atoms with Crippen molar-refractivity contribution in [2.75, 3.05) is 0 Å². The molecule has 17 heavy (non-hydrogen) atoms. The summed E-state index contributed by atoms with van der Waals surface area (Å²) in [4.78, 5) is 0. The minimum absolute atomic E-state index is 0.127. The minimum Gasteiger partial charge on any atom is -0.472 e. The zero-order chi connectivity index (χ0) is 12.1.